The molecule has 0 bridgehead atoms. The number of nitrogens with zero attached hydrogens (tertiary/aromatic N) is 1. The fourth-order valence-corrected chi connectivity index (χ4v) is 5.01. The predicted octanol–water partition coefficient (Wildman–Crippen LogP) is 5.25. The Bertz CT molecular complexity index is 1060. The average molecular weight is 460 g/mol. The lowest BCUT2D eigenvalue weighted by atomic mass is 9.85. The molecule has 2 aromatic carbocycles. The molecule has 0 aliphatic heterocycles. The summed E-state index contributed by atoms with van der Waals surface area (Å²) in [7, 11) is 0. The Morgan fingerprint density at radius 2 is 1.71 bits per heavy atom. The minimum absolute atomic E-state index is 0.0256. The lowest BCUT2D eigenvalue weighted by Gasteiger charge is -2.29. The molecule has 2 aliphatic rings. The summed E-state index contributed by atoms with van der Waals surface area (Å²) in [6.07, 6.45) is 7.65. The predicted molar refractivity (Wildman–Crippen MR) is 131 cm³/mol. The van der Waals surface area contributed by atoms with Gasteiger partial charge in [-0.05, 0) is 86.9 Å². The fraction of sp³-hybridized carbons (Fsp3) is 0.464. The number of amides is 2. The third kappa shape index (κ3) is 6.17. The van der Waals surface area contributed by atoms with Crippen LogP contribution in [0.25, 0.3) is 0 Å². The molecular weight excluding hydrogens is 426 g/mol. The molecule has 2 N–H and O–H groups in total. The quantitative estimate of drug-likeness (QED) is 0.592. The molecule has 2 amide bonds. The number of aryl methyl sites for hydroxylation is 1. The molecule has 178 valence electrons. The summed E-state index contributed by atoms with van der Waals surface area (Å²) in [5.74, 6) is 1.14. The van der Waals surface area contributed by atoms with Gasteiger partial charge in [-0.15, -0.1) is 0 Å². The van der Waals surface area contributed by atoms with Crippen LogP contribution in [-0.4, -0.2) is 17.9 Å². The van der Waals surface area contributed by atoms with E-state index in [1.54, 1.807) is 6.07 Å². The number of carbonyl (C=O) groups is 2. The number of rotatable bonds is 7. The summed E-state index contributed by atoms with van der Waals surface area (Å²) in [5.41, 5.74) is 3.28. The number of benzene rings is 2. The monoisotopic (exact) mass is 459 g/mol. The lowest BCUT2D eigenvalue weighted by molar-refractivity contribution is -0.125. The van der Waals surface area contributed by atoms with Crippen LogP contribution in [0.4, 0.5) is 5.69 Å². The first-order chi connectivity index (χ1) is 16.5. The van der Waals surface area contributed by atoms with E-state index in [2.05, 4.69) is 16.7 Å². The largest absolute Gasteiger partial charge is 0.489 e. The molecule has 34 heavy (non-hydrogen) atoms. The van der Waals surface area contributed by atoms with Crippen LogP contribution in [0.15, 0.2) is 42.5 Å². The fourth-order valence-electron chi connectivity index (χ4n) is 5.01. The highest BCUT2D eigenvalue weighted by Gasteiger charge is 2.30. The maximum absolute atomic E-state index is 12.9. The van der Waals surface area contributed by atoms with Crippen LogP contribution in [0.2, 0.25) is 0 Å². The van der Waals surface area contributed by atoms with Gasteiger partial charge < -0.3 is 15.4 Å². The van der Waals surface area contributed by atoms with E-state index < -0.39 is 0 Å². The first-order valence-corrected chi connectivity index (χ1v) is 12.4. The van der Waals surface area contributed by atoms with Gasteiger partial charge in [0, 0.05) is 23.6 Å². The molecule has 0 saturated heterocycles. The van der Waals surface area contributed by atoms with Gasteiger partial charge in [-0.2, -0.15) is 5.26 Å². The molecule has 0 unspecified atom stereocenters. The highest BCUT2D eigenvalue weighted by molar-refractivity contribution is 5.93. The van der Waals surface area contributed by atoms with Gasteiger partial charge in [0.25, 0.3) is 0 Å². The van der Waals surface area contributed by atoms with E-state index in [0.717, 1.165) is 73.9 Å². The van der Waals surface area contributed by atoms with Crippen molar-refractivity contribution in [2.45, 2.75) is 70.9 Å². The summed E-state index contributed by atoms with van der Waals surface area (Å²) in [6, 6.07) is 15.3. The van der Waals surface area contributed by atoms with E-state index >= 15 is 0 Å². The van der Waals surface area contributed by atoms with Crippen LogP contribution in [0.1, 0.15) is 68.1 Å². The van der Waals surface area contributed by atoms with Crippen LogP contribution >= 0.6 is 0 Å². The zero-order valence-corrected chi connectivity index (χ0v) is 19.8. The molecule has 2 aliphatic carbocycles. The summed E-state index contributed by atoms with van der Waals surface area (Å²) in [6.45, 7) is 2.33. The maximum atomic E-state index is 12.9. The van der Waals surface area contributed by atoms with Crippen molar-refractivity contribution in [2.24, 2.45) is 11.8 Å². The van der Waals surface area contributed by atoms with E-state index in [0.29, 0.717) is 12.2 Å². The average Bonchev–Trinajstić information content (AvgIpc) is 3.40. The van der Waals surface area contributed by atoms with Gasteiger partial charge in [-0.25, -0.2) is 0 Å². The molecular formula is C28H33N3O3. The van der Waals surface area contributed by atoms with Gasteiger partial charge in [-0.1, -0.05) is 25.0 Å². The van der Waals surface area contributed by atoms with Crippen LogP contribution < -0.4 is 15.4 Å². The highest BCUT2D eigenvalue weighted by Crippen LogP contribution is 2.29. The molecule has 2 fully saturated rings. The van der Waals surface area contributed by atoms with Gasteiger partial charge >= 0.3 is 0 Å². The molecule has 0 aromatic heterocycles. The molecule has 4 rings (SSSR count). The van der Waals surface area contributed by atoms with Crippen molar-refractivity contribution in [3.63, 3.8) is 0 Å². The molecule has 0 atom stereocenters. The summed E-state index contributed by atoms with van der Waals surface area (Å²) < 4.78 is 5.87. The smallest absolute Gasteiger partial charge is 0.227 e. The van der Waals surface area contributed by atoms with Gasteiger partial charge in [0.1, 0.15) is 12.4 Å². The maximum Gasteiger partial charge on any atom is 0.227 e. The van der Waals surface area contributed by atoms with Crippen molar-refractivity contribution >= 4 is 17.5 Å². The Morgan fingerprint density at radius 3 is 2.41 bits per heavy atom. The number of nitrogens with one attached hydrogen (secondary N) is 2. The van der Waals surface area contributed by atoms with Gasteiger partial charge in [0.05, 0.1) is 11.6 Å². The second-order valence-electron chi connectivity index (χ2n) is 9.61. The second-order valence-corrected chi connectivity index (χ2v) is 9.61. The lowest BCUT2D eigenvalue weighted by Crippen LogP contribution is -2.41. The summed E-state index contributed by atoms with van der Waals surface area (Å²) >= 11 is 0. The van der Waals surface area contributed by atoms with Crippen LogP contribution in [0.3, 0.4) is 0 Å². The van der Waals surface area contributed by atoms with Crippen LogP contribution in [0.5, 0.6) is 5.75 Å². The van der Waals surface area contributed by atoms with Gasteiger partial charge in [-0.3, -0.25) is 9.59 Å². The molecule has 0 radical (unpaired) electrons. The van der Waals surface area contributed by atoms with Crippen molar-refractivity contribution < 1.29 is 14.3 Å². The molecule has 0 heterocycles. The Balaban J connectivity index is 1.24. The van der Waals surface area contributed by atoms with E-state index in [9.17, 15) is 9.59 Å². The van der Waals surface area contributed by atoms with Crippen molar-refractivity contribution in [2.75, 3.05) is 5.32 Å². The third-order valence-electron chi connectivity index (χ3n) is 7.09. The number of hydrogen-bond donors (Lipinski definition) is 2. The number of carbonyl (C=O) groups excluding carboxylic acids is 2. The first kappa shape index (κ1) is 23.8. The topological polar surface area (TPSA) is 91.2 Å². The minimum atomic E-state index is -0.0256. The van der Waals surface area contributed by atoms with Crippen molar-refractivity contribution in [3.05, 3.63) is 59.2 Å². The third-order valence-corrected chi connectivity index (χ3v) is 7.09. The highest BCUT2D eigenvalue weighted by atomic mass is 16.5. The van der Waals surface area contributed by atoms with E-state index in [-0.39, 0.29) is 29.7 Å². The molecule has 2 aromatic rings. The van der Waals surface area contributed by atoms with Gasteiger partial charge in [0.2, 0.25) is 11.8 Å². The Kier molecular flexibility index (Phi) is 7.84. The summed E-state index contributed by atoms with van der Waals surface area (Å²) in [4.78, 5) is 25.2. The Labute approximate surface area is 201 Å². The second kappa shape index (κ2) is 11.2. The molecule has 2 saturated carbocycles. The normalized spacial score (nSPS) is 20.4. The zero-order valence-electron chi connectivity index (χ0n) is 19.8. The summed E-state index contributed by atoms with van der Waals surface area (Å²) in [5, 5.41) is 15.3. The Hall–Kier alpha value is -3.33. The zero-order chi connectivity index (χ0) is 23.9. The van der Waals surface area contributed by atoms with Gasteiger partial charge in [0.15, 0.2) is 0 Å². The first-order valence-electron chi connectivity index (χ1n) is 12.4. The van der Waals surface area contributed by atoms with Crippen molar-refractivity contribution in [3.8, 4) is 11.8 Å². The standard InChI is InChI=1S/C28H33N3O3/c1-19-15-25(34-18-21-6-4-5-20(16-21)17-29)13-14-26(19)31-28(33)23-9-11-24(12-10-23)30-27(32)22-7-2-3-8-22/h4-6,13-16,22-24H,2-3,7-12,18H2,1H3,(H,30,32)(H,31,33). The van der Waals surface area contributed by atoms with Crippen LogP contribution in [-0.2, 0) is 16.2 Å². The molecule has 0 spiro atoms. The molecule has 6 nitrogen and oxygen atoms in total. The number of hydrogen-bond acceptors (Lipinski definition) is 4. The number of nitriles is 1. The number of ether oxygens (including phenoxy) is 1. The minimum Gasteiger partial charge on any atom is -0.489 e. The van der Waals surface area contributed by atoms with Crippen molar-refractivity contribution in [1.82, 2.24) is 5.32 Å². The van der Waals surface area contributed by atoms with E-state index in [1.165, 1.54) is 0 Å². The van der Waals surface area contributed by atoms with Crippen LogP contribution in [0, 0.1) is 30.1 Å². The van der Waals surface area contributed by atoms with E-state index in [1.807, 2.05) is 43.3 Å². The van der Waals surface area contributed by atoms with E-state index in [4.69, 9.17) is 10.00 Å². The Morgan fingerprint density at radius 1 is 0.971 bits per heavy atom. The number of anilines is 1. The molecule has 6 heteroatoms. The SMILES string of the molecule is Cc1cc(OCc2cccc(C#N)c2)ccc1NC(=O)C1CCC(NC(=O)C2CCCC2)CC1. The van der Waals surface area contributed by atoms with Crippen molar-refractivity contribution in [1.29, 1.82) is 5.26 Å².